The molecule has 3 aromatic rings. The van der Waals surface area contributed by atoms with Gasteiger partial charge in [-0.25, -0.2) is 4.98 Å². The van der Waals surface area contributed by atoms with Crippen molar-refractivity contribution in [3.05, 3.63) is 72.3 Å². The van der Waals surface area contributed by atoms with Gasteiger partial charge in [-0.1, -0.05) is 18.2 Å². The molecule has 2 N–H and O–H groups in total. The summed E-state index contributed by atoms with van der Waals surface area (Å²) in [5.74, 6) is -1.10. The van der Waals surface area contributed by atoms with Crippen LogP contribution in [0, 0.1) is 0 Å². The molecule has 0 spiro atoms. The van der Waals surface area contributed by atoms with Crippen LogP contribution in [0.2, 0.25) is 0 Å². The van der Waals surface area contributed by atoms with Gasteiger partial charge in [0, 0.05) is 24.3 Å². The maximum atomic E-state index is 12.3. The molecule has 1 amide bonds. The number of carbonyl (C=O) groups excluding carboxylic acids is 1. The predicted octanol–water partition coefficient (Wildman–Crippen LogP) is 2.15. The first kappa shape index (κ1) is 15.4. The second-order valence-corrected chi connectivity index (χ2v) is 5.03. The minimum Gasteiger partial charge on any atom is -0.481 e. The van der Waals surface area contributed by atoms with Crippen LogP contribution < -0.4 is 5.32 Å². The Balaban J connectivity index is 1.95. The zero-order valence-corrected chi connectivity index (χ0v) is 12.6. The number of amides is 1. The fourth-order valence-electron chi connectivity index (χ4n) is 2.21. The summed E-state index contributed by atoms with van der Waals surface area (Å²) in [6, 6.07) is 12.5. The number of pyridine rings is 1. The number of aliphatic carboxylic acids is 1. The van der Waals surface area contributed by atoms with Gasteiger partial charge in [0.05, 0.1) is 17.7 Å². The number of para-hydroxylation sites is 1. The standard InChI is InChI=1S/C17H14N4O3/c22-15(23)9-13-11-21(14-6-2-1-3-7-14)17(19-13)20-16(24)12-5-4-8-18-10-12/h1-8,10-11H,9H2,(H,22,23)(H,19,20,24). The first-order valence-electron chi connectivity index (χ1n) is 7.20. The first-order chi connectivity index (χ1) is 11.6. The minimum absolute atomic E-state index is 0.227. The van der Waals surface area contributed by atoms with Crippen LogP contribution in [0.15, 0.2) is 61.1 Å². The van der Waals surface area contributed by atoms with Crippen molar-refractivity contribution >= 4 is 17.8 Å². The third-order valence-electron chi connectivity index (χ3n) is 3.27. The largest absolute Gasteiger partial charge is 0.481 e. The van der Waals surface area contributed by atoms with Crippen molar-refractivity contribution in [1.29, 1.82) is 0 Å². The lowest BCUT2D eigenvalue weighted by molar-refractivity contribution is -0.136. The third kappa shape index (κ3) is 3.46. The molecule has 3 rings (SSSR count). The summed E-state index contributed by atoms with van der Waals surface area (Å²) >= 11 is 0. The van der Waals surface area contributed by atoms with E-state index in [4.69, 9.17) is 5.11 Å². The SMILES string of the molecule is O=C(O)Cc1cn(-c2ccccc2)c(NC(=O)c2cccnc2)n1. The molecule has 0 aliphatic heterocycles. The van der Waals surface area contributed by atoms with Crippen LogP contribution in [0.5, 0.6) is 0 Å². The van der Waals surface area contributed by atoms with Gasteiger partial charge in [-0.05, 0) is 24.3 Å². The number of carboxylic acid groups (broad SMARTS) is 1. The predicted molar refractivity (Wildman–Crippen MR) is 87.1 cm³/mol. The molecule has 0 aliphatic carbocycles. The molecule has 2 aromatic heterocycles. The Hall–Kier alpha value is -3.48. The molecule has 0 bridgehead atoms. The Morgan fingerprint density at radius 3 is 2.58 bits per heavy atom. The summed E-state index contributed by atoms with van der Waals surface area (Å²) in [6.07, 6.45) is 4.40. The molecule has 0 saturated carbocycles. The topological polar surface area (TPSA) is 97.1 Å². The second-order valence-electron chi connectivity index (χ2n) is 5.03. The van der Waals surface area contributed by atoms with Gasteiger partial charge >= 0.3 is 5.97 Å². The van der Waals surface area contributed by atoms with Crippen LogP contribution in [-0.4, -0.2) is 31.5 Å². The lowest BCUT2D eigenvalue weighted by Crippen LogP contribution is -2.15. The zero-order chi connectivity index (χ0) is 16.9. The van der Waals surface area contributed by atoms with E-state index in [9.17, 15) is 9.59 Å². The number of nitrogens with one attached hydrogen (secondary N) is 1. The number of rotatable bonds is 5. The number of anilines is 1. The van der Waals surface area contributed by atoms with Crippen LogP contribution in [0.25, 0.3) is 5.69 Å². The molecule has 0 fully saturated rings. The van der Waals surface area contributed by atoms with E-state index in [1.54, 1.807) is 29.1 Å². The van der Waals surface area contributed by atoms with Gasteiger partial charge in [0.15, 0.2) is 0 Å². The van der Waals surface area contributed by atoms with E-state index in [1.807, 2.05) is 30.3 Å². The van der Waals surface area contributed by atoms with Gasteiger partial charge in [0.1, 0.15) is 0 Å². The van der Waals surface area contributed by atoms with E-state index in [0.717, 1.165) is 5.69 Å². The molecule has 0 unspecified atom stereocenters. The average molecular weight is 322 g/mol. The van der Waals surface area contributed by atoms with E-state index >= 15 is 0 Å². The lowest BCUT2D eigenvalue weighted by atomic mass is 10.3. The zero-order valence-electron chi connectivity index (χ0n) is 12.6. The Kier molecular flexibility index (Phi) is 4.33. The molecule has 1 aromatic carbocycles. The molecule has 0 atom stereocenters. The van der Waals surface area contributed by atoms with E-state index in [0.29, 0.717) is 11.3 Å². The lowest BCUT2D eigenvalue weighted by Gasteiger charge is -2.08. The Morgan fingerprint density at radius 2 is 1.92 bits per heavy atom. The van der Waals surface area contributed by atoms with Crippen molar-refractivity contribution in [2.24, 2.45) is 0 Å². The molecule has 0 aliphatic rings. The molecule has 120 valence electrons. The Labute approximate surface area is 137 Å². The smallest absolute Gasteiger partial charge is 0.309 e. The van der Waals surface area contributed by atoms with Gasteiger partial charge in [-0.15, -0.1) is 0 Å². The Morgan fingerprint density at radius 1 is 1.12 bits per heavy atom. The van der Waals surface area contributed by atoms with Crippen LogP contribution in [0.3, 0.4) is 0 Å². The number of aromatic nitrogens is 3. The summed E-state index contributed by atoms with van der Waals surface area (Å²) in [5, 5.41) is 11.7. The van der Waals surface area contributed by atoms with Gasteiger partial charge in [0.2, 0.25) is 5.95 Å². The summed E-state index contributed by atoms with van der Waals surface area (Å²) in [7, 11) is 0. The van der Waals surface area contributed by atoms with Crippen molar-refractivity contribution < 1.29 is 14.7 Å². The fraction of sp³-hybridized carbons (Fsp3) is 0.0588. The third-order valence-corrected chi connectivity index (χ3v) is 3.27. The number of carboxylic acids is 1. The molecule has 2 heterocycles. The summed E-state index contributed by atoms with van der Waals surface area (Å²) in [6.45, 7) is 0. The van der Waals surface area contributed by atoms with Gasteiger partial charge < -0.3 is 5.11 Å². The molecule has 0 saturated heterocycles. The van der Waals surface area contributed by atoms with Gasteiger partial charge in [0.25, 0.3) is 5.91 Å². The van der Waals surface area contributed by atoms with Crippen LogP contribution in [-0.2, 0) is 11.2 Å². The van der Waals surface area contributed by atoms with Crippen molar-refractivity contribution in [2.75, 3.05) is 5.32 Å². The van der Waals surface area contributed by atoms with Crippen LogP contribution in [0.4, 0.5) is 5.95 Å². The number of imidazole rings is 1. The monoisotopic (exact) mass is 322 g/mol. The molecule has 24 heavy (non-hydrogen) atoms. The molecular weight excluding hydrogens is 308 g/mol. The van der Waals surface area contributed by atoms with E-state index in [2.05, 4.69) is 15.3 Å². The van der Waals surface area contributed by atoms with E-state index < -0.39 is 5.97 Å². The van der Waals surface area contributed by atoms with Crippen molar-refractivity contribution in [3.8, 4) is 5.69 Å². The average Bonchev–Trinajstić information content (AvgIpc) is 2.98. The van der Waals surface area contributed by atoms with Crippen molar-refractivity contribution in [2.45, 2.75) is 6.42 Å². The highest BCUT2D eigenvalue weighted by molar-refractivity contribution is 6.03. The van der Waals surface area contributed by atoms with Crippen LogP contribution in [0.1, 0.15) is 16.1 Å². The van der Waals surface area contributed by atoms with Gasteiger partial charge in [-0.2, -0.15) is 0 Å². The highest BCUT2D eigenvalue weighted by Crippen LogP contribution is 2.18. The number of hydrogen-bond donors (Lipinski definition) is 2. The fourth-order valence-corrected chi connectivity index (χ4v) is 2.21. The van der Waals surface area contributed by atoms with Crippen molar-refractivity contribution in [1.82, 2.24) is 14.5 Å². The number of benzene rings is 1. The first-order valence-corrected chi connectivity index (χ1v) is 7.20. The maximum Gasteiger partial charge on any atom is 0.309 e. The minimum atomic E-state index is -0.988. The summed E-state index contributed by atoms with van der Waals surface area (Å²) < 4.78 is 1.65. The molecular formula is C17H14N4O3. The van der Waals surface area contributed by atoms with Crippen molar-refractivity contribution in [3.63, 3.8) is 0 Å². The number of nitrogens with zero attached hydrogens (tertiary/aromatic N) is 3. The number of hydrogen-bond acceptors (Lipinski definition) is 4. The highest BCUT2D eigenvalue weighted by Gasteiger charge is 2.15. The summed E-state index contributed by atoms with van der Waals surface area (Å²) in [5.41, 5.74) is 1.51. The van der Waals surface area contributed by atoms with E-state index in [1.165, 1.54) is 6.20 Å². The summed E-state index contributed by atoms with van der Waals surface area (Å²) in [4.78, 5) is 31.4. The van der Waals surface area contributed by atoms with E-state index in [-0.39, 0.29) is 18.3 Å². The quantitative estimate of drug-likeness (QED) is 0.750. The van der Waals surface area contributed by atoms with Crippen LogP contribution >= 0.6 is 0 Å². The molecule has 0 radical (unpaired) electrons. The number of carbonyl (C=O) groups is 2. The van der Waals surface area contributed by atoms with Gasteiger partial charge in [-0.3, -0.25) is 24.5 Å². The molecule has 7 heteroatoms. The molecule has 7 nitrogen and oxygen atoms in total. The maximum absolute atomic E-state index is 12.3. The second kappa shape index (κ2) is 6.74. The highest BCUT2D eigenvalue weighted by atomic mass is 16.4. The normalized spacial score (nSPS) is 10.3. The Bertz CT molecular complexity index is 860.